The average Bonchev–Trinajstić information content (AvgIpc) is 2.16. The van der Waals surface area contributed by atoms with Gasteiger partial charge in [0.05, 0.1) is 15.5 Å². The molecule has 1 aromatic heterocycles. The van der Waals surface area contributed by atoms with Crippen molar-refractivity contribution in [1.82, 2.24) is 4.98 Å². The van der Waals surface area contributed by atoms with E-state index in [0.717, 1.165) is 0 Å². The smallest absolute Gasteiger partial charge is 0.258 e. The maximum Gasteiger partial charge on any atom is 0.288 e. The van der Waals surface area contributed by atoms with E-state index in [2.05, 4.69) is 4.98 Å². The molecule has 0 aliphatic heterocycles. The summed E-state index contributed by atoms with van der Waals surface area (Å²) in [5.41, 5.74) is 0.372. The molecule has 0 radical (unpaired) electrons. The Labute approximate surface area is 94.6 Å². The van der Waals surface area contributed by atoms with E-state index in [-0.39, 0.29) is 10.7 Å². The second kappa shape index (κ2) is 3.64. The lowest BCUT2D eigenvalue weighted by atomic mass is 10.2. The maximum atomic E-state index is 10.6. The Morgan fingerprint density at radius 2 is 2.00 bits per heavy atom. The minimum Gasteiger partial charge on any atom is -0.258 e. The Morgan fingerprint density at radius 3 is 2.67 bits per heavy atom. The number of rotatable bonds is 1. The van der Waals surface area contributed by atoms with E-state index in [1.165, 1.54) is 18.3 Å². The number of nitrogens with zero attached hydrogens (tertiary/aromatic N) is 2. The monoisotopic (exact) mass is 242 g/mol. The lowest BCUT2D eigenvalue weighted by Crippen LogP contribution is -1.90. The first-order valence-electron chi connectivity index (χ1n) is 3.98. The van der Waals surface area contributed by atoms with E-state index in [0.29, 0.717) is 15.9 Å². The topological polar surface area (TPSA) is 56.0 Å². The molecule has 0 amide bonds. The molecule has 0 saturated carbocycles. The van der Waals surface area contributed by atoms with E-state index in [9.17, 15) is 10.1 Å². The van der Waals surface area contributed by atoms with Gasteiger partial charge in [-0.15, -0.1) is 0 Å². The number of halogens is 2. The summed E-state index contributed by atoms with van der Waals surface area (Å²) in [6, 6.07) is 4.33. The molecule has 0 unspecified atom stereocenters. The number of fused-ring (bicyclic) bond motifs is 1. The van der Waals surface area contributed by atoms with Gasteiger partial charge < -0.3 is 0 Å². The summed E-state index contributed by atoms with van der Waals surface area (Å²) < 4.78 is 0. The van der Waals surface area contributed by atoms with Crippen molar-refractivity contribution in [2.24, 2.45) is 0 Å². The molecular weight excluding hydrogens is 239 g/mol. The van der Waals surface area contributed by atoms with Crippen molar-refractivity contribution >= 4 is 39.8 Å². The standard InChI is InChI=1S/C9H4Cl2N2O2/c10-6-1-2-12-8-4-7(11)9(13(14)15)3-5(6)8/h1-4H. The van der Waals surface area contributed by atoms with Crippen molar-refractivity contribution < 1.29 is 4.92 Å². The average molecular weight is 243 g/mol. The number of benzene rings is 1. The first-order valence-corrected chi connectivity index (χ1v) is 4.73. The van der Waals surface area contributed by atoms with Gasteiger partial charge in [-0.05, 0) is 12.1 Å². The summed E-state index contributed by atoms with van der Waals surface area (Å²) in [6.45, 7) is 0. The van der Waals surface area contributed by atoms with Crippen LogP contribution in [0.15, 0.2) is 24.4 Å². The number of pyridine rings is 1. The molecule has 0 spiro atoms. The highest BCUT2D eigenvalue weighted by atomic mass is 35.5. The fourth-order valence-corrected chi connectivity index (χ4v) is 1.70. The fraction of sp³-hybridized carbons (Fsp3) is 0. The third kappa shape index (κ3) is 1.73. The molecule has 6 heteroatoms. The summed E-state index contributed by atoms with van der Waals surface area (Å²) in [5.74, 6) is 0. The van der Waals surface area contributed by atoms with Crippen molar-refractivity contribution in [2.75, 3.05) is 0 Å². The molecule has 0 N–H and O–H groups in total. The van der Waals surface area contributed by atoms with Crippen molar-refractivity contribution in [2.45, 2.75) is 0 Å². The number of nitro benzene ring substituents is 1. The second-order valence-electron chi connectivity index (χ2n) is 2.87. The van der Waals surface area contributed by atoms with Crippen LogP contribution in [0.4, 0.5) is 5.69 Å². The highest BCUT2D eigenvalue weighted by Gasteiger charge is 2.14. The number of hydrogen-bond acceptors (Lipinski definition) is 3. The van der Waals surface area contributed by atoms with Crippen LogP contribution in [0.2, 0.25) is 10.0 Å². The first kappa shape index (κ1) is 10.1. The Morgan fingerprint density at radius 1 is 1.27 bits per heavy atom. The largest absolute Gasteiger partial charge is 0.288 e. The van der Waals surface area contributed by atoms with E-state index < -0.39 is 4.92 Å². The second-order valence-corrected chi connectivity index (χ2v) is 3.69. The van der Waals surface area contributed by atoms with E-state index in [1.807, 2.05) is 0 Å². The van der Waals surface area contributed by atoms with Crippen molar-refractivity contribution in [3.63, 3.8) is 0 Å². The van der Waals surface area contributed by atoms with Gasteiger partial charge in [0.15, 0.2) is 0 Å². The molecule has 2 aromatic rings. The molecule has 0 bridgehead atoms. The zero-order valence-corrected chi connectivity index (χ0v) is 8.79. The van der Waals surface area contributed by atoms with E-state index in [1.54, 1.807) is 6.07 Å². The molecule has 0 saturated heterocycles. The SMILES string of the molecule is O=[N+]([O-])c1cc2c(Cl)ccnc2cc1Cl. The number of hydrogen-bond donors (Lipinski definition) is 0. The summed E-state index contributed by atoms with van der Waals surface area (Å²) in [7, 11) is 0. The van der Waals surface area contributed by atoms with Gasteiger partial charge in [-0.1, -0.05) is 23.2 Å². The minimum absolute atomic E-state index is 0.0577. The maximum absolute atomic E-state index is 10.6. The van der Waals surface area contributed by atoms with Gasteiger partial charge in [0, 0.05) is 17.6 Å². The molecule has 4 nitrogen and oxygen atoms in total. The number of nitro groups is 1. The van der Waals surface area contributed by atoms with Crippen LogP contribution >= 0.6 is 23.2 Å². The van der Waals surface area contributed by atoms with Crippen LogP contribution in [-0.4, -0.2) is 9.91 Å². The van der Waals surface area contributed by atoms with Gasteiger partial charge in [0.1, 0.15) is 5.02 Å². The van der Waals surface area contributed by atoms with Gasteiger partial charge >= 0.3 is 0 Å². The van der Waals surface area contributed by atoms with Crippen LogP contribution in [-0.2, 0) is 0 Å². The lowest BCUT2D eigenvalue weighted by Gasteiger charge is -2.00. The summed E-state index contributed by atoms with van der Waals surface area (Å²) in [5, 5.41) is 11.6. The molecule has 2 rings (SSSR count). The molecule has 0 atom stereocenters. The van der Waals surface area contributed by atoms with Gasteiger partial charge in [-0.3, -0.25) is 15.1 Å². The molecule has 76 valence electrons. The summed E-state index contributed by atoms with van der Waals surface area (Å²) in [6.07, 6.45) is 1.52. The molecule has 1 heterocycles. The van der Waals surface area contributed by atoms with Gasteiger partial charge in [-0.2, -0.15) is 0 Å². The van der Waals surface area contributed by atoms with Crippen LogP contribution in [0, 0.1) is 10.1 Å². The predicted molar refractivity (Wildman–Crippen MR) is 58.4 cm³/mol. The normalized spacial score (nSPS) is 10.5. The molecule has 0 fully saturated rings. The molecular formula is C9H4Cl2N2O2. The zero-order valence-electron chi connectivity index (χ0n) is 7.28. The molecule has 0 aliphatic rings. The van der Waals surface area contributed by atoms with Gasteiger partial charge in [-0.25, -0.2) is 0 Å². The number of aromatic nitrogens is 1. The van der Waals surface area contributed by atoms with E-state index >= 15 is 0 Å². The Hall–Kier alpha value is -1.39. The molecule has 0 aliphatic carbocycles. The van der Waals surface area contributed by atoms with Crippen LogP contribution in [0.25, 0.3) is 10.9 Å². The highest BCUT2D eigenvalue weighted by molar-refractivity contribution is 6.37. The van der Waals surface area contributed by atoms with Crippen molar-refractivity contribution in [3.8, 4) is 0 Å². The van der Waals surface area contributed by atoms with Crippen LogP contribution in [0.3, 0.4) is 0 Å². The zero-order chi connectivity index (χ0) is 11.0. The fourth-order valence-electron chi connectivity index (χ4n) is 1.26. The van der Waals surface area contributed by atoms with Crippen molar-refractivity contribution in [1.29, 1.82) is 0 Å². The quantitative estimate of drug-likeness (QED) is 0.569. The first-order chi connectivity index (χ1) is 7.09. The van der Waals surface area contributed by atoms with Gasteiger partial charge in [0.25, 0.3) is 5.69 Å². The Balaban J connectivity index is 2.83. The molecule has 15 heavy (non-hydrogen) atoms. The van der Waals surface area contributed by atoms with Crippen LogP contribution in [0.1, 0.15) is 0 Å². The van der Waals surface area contributed by atoms with Crippen molar-refractivity contribution in [3.05, 3.63) is 44.6 Å². The molecule has 1 aromatic carbocycles. The third-order valence-electron chi connectivity index (χ3n) is 1.95. The Kier molecular flexibility index (Phi) is 2.46. The third-order valence-corrected chi connectivity index (χ3v) is 2.59. The lowest BCUT2D eigenvalue weighted by molar-refractivity contribution is -0.384. The minimum atomic E-state index is -0.550. The van der Waals surface area contributed by atoms with Crippen LogP contribution in [0.5, 0.6) is 0 Å². The van der Waals surface area contributed by atoms with E-state index in [4.69, 9.17) is 23.2 Å². The summed E-state index contributed by atoms with van der Waals surface area (Å²) >= 11 is 11.6. The van der Waals surface area contributed by atoms with Gasteiger partial charge in [0.2, 0.25) is 0 Å². The van der Waals surface area contributed by atoms with Crippen LogP contribution < -0.4 is 0 Å². The summed E-state index contributed by atoms with van der Waals surface area (Å²) in [4.78, 5) is 14.1. The predicted octanol–water partition coefficient (Wildman–Crippen LogP) is 3.45. The Bertz CT molecular complexity index is 557. The highest BCUT2D eigenvalue weighted by Crippen LogP contribution is 2.31.